The van der Waals surface area contributed by atoms with E-state index in [0.29, 0.717) is 6.54 Å². The predicted octanol–water partition coefficient (Wildman–Crippen LogP) is 3.31. The Morgan fingerprint density at radius 3 is 1.86 bits per heavy atom. The molecular formula is C26H29N2O+. The van der Waals surface area contributed by atoms with Crippen LogP contribution in [-0.2, 0) is 17.9 Å². The topological polar surface area (TPSA) is 33.5 Å². The standard InChI is InChI=1S/C26H28N2O/c29-26(25(21-11-3-1-4-12-21)22-13-5-2-6-14-22)27-19-23-15-7-8-16-24(23)20-28-17-9-10-18-28/h1-8,11-16,25H,9-10,17-20H2,(H,27,29)/p+1. The van der Waals surface area contributed by atoms with Gasteiger partial charge in [0.25, 0.3) is 0 Å². The highest BCUT2D eigenvalue weighted by Gasteiger charge is 2.23. The van der Waals surface area contributed by atoms with E-state index in [-0.39, 0.29) is 11.8 Å². The molecule has 4 rings (SSSR count). The number of hydrogen-bond donors (Lipinski definition) is 2. The third kappa shape index (κ3) is 4.93. The summed E-state index contributed by atoms with van der Waals surface area (Å²) in [5.41, 5.74) is 4.61. The van der Waals surface area contributed by atoms with Gasteiger partial charge in [0.05, 0.1) is 19.0 Å². The lowest BCUT2D eigenvalue weighted by Crippen LogP contribution is -3.08. The van der Waals surface area contributed by atoms with Gasteiger partial charge in [-0.3, -0.25) is 4.79 Å². The molecule has 0 unspecified atom stereocenters. The average molecular weight is 386 g/mol. The van der Waals surface area contributed by atoms with Crippen molar-refractivity contribution in [2.45, 2.75) is 31.8 Å². The van der Waals surface area contributed by atoms with E-state index in [9.17, 15) is 4.79 Å². The molecule has 1 aliphatic rings. The highest BCUT2D eigenvalue weighted by Crippen LogP contribution is 2.25. The molecule has 3 heteroatoms. The van der Waals surface area contributed by atoms with Gasteiger partial charge in [-0.2, -0.15) is 0 Å². The van der Waals surface area contributed by atoms with Crippen molar-refractivity contribution >= 4 is 5.91 Å². The summed E-state index contributed by atoms with van der Waals surface area (Å²) in [6, 6.07) is 28.6. The first-order valence-electron chi connectivity index (χ1n) is 10.6. The van der Waals surface area contributed by atoms with Crippen molar-refractivity contribution in [3.8, 4) is 0 Å². The molecule has 3 aromatic carbocycles. The van der Waals surface area contributed by atoms with Gasteiger partial charge < -0.3 is 10.2 Å². The quantitative estimate of drug-likeness (QED) is 0.643. The maximum absolute atomic E-state index is 13.3. The molecule has 0 atom stereocenters. The number of rotatable bonds is 7. The molecule has 148 valence electrons. The van der Waals surface area contributed by atoms with Crippen molar-refractivity contribution in [2.24, 2.45) is 0 Å². The number of quaternary nitrogens is 1. The molecule has 1 saturated heterocycles. The minimum absolute atomic E-state index is 0.0470. The van der Waals surface area contributed by atoms with Gasteiger partial charge in [-0.05, 0) is 16.7 Å². The number of amides is 1. The first kappa shape index (κ1) is 19.4. The molecule has 3 aromatic rings. The fraction of sp³-hybridized carbons (Fsp3) is 0.269. The molecule has 1 fully saturated rings. The number of nitrogens with one attached hydrogen (secondary N) is 2. The minimum atomic E-state index is -0.297. The monoisotopic (exact) mass is 385 g/mol. The number of benzene rings is 3. The van der Waals surface area contributed by atoms with Crippen LogP contribution in [0, 0.1) is 0 Å². The summed E-state index contributed by atoms with van der Waals surface area (Å²) in [7, 11) is 0. The highest BCUT2D eigenvalue weighted by molar-refractivity contribution is 5.87. The summed E-state index contributed by atoms with van der Waals surface area (Å²) in [5, 5.41) is 3.21. The zero-order valence-electron chi connectivity index (χ0n) is 16.8. The molecule has 2 N–H and O–H groups in total. The SMILES string of the molecule is O=C(NCc1ccccc1C[NH+]1CCCC1)C(c1ccccc1)c1ccccc1. The third-order valence-electron chi connectivity index (χ3n) is 5.85. The molecule has 0 aliphatic carbocycles. The van der Waals surface area contributed by atoms with Crippen molar-refractivity contribution in [3.05, 3.63) is 107 Å². The molecule has 0 bridgehead atoms. The van der Waals surface area contributed by atoms with Gasteiger partial charge in [0.2, 0.25) is 5.91 Å². The molecule has 0 saturated carbocycles. The van der Waals surface area contributed by atoms with Crippen LogP contribution >= 0.6 is 0 Å². The Kier molecular flexibility index (Phi) is 6.38. The molecule has 29 heavy (non-hydrogen) atoms. The van der Waals surface area contributed by atoms with Crippen molar-refractivity contribution < 1.29 is 9.69 Å². The van der Waals surface area contributed by atoms with Gasteiger partial charge in [0.15, 0.2) is 0 Å². The number of likely N-dealkylation sites (tertiary alicyclic amines) is 1. The fourth-order valence-electron chi connectivity index (χ4n) is 4.29. The Labute approximate surface area is 173 Å². The predicted molar refractivity (Wildman–Crippen MR) is 117 cm³/mol. The molecular weight excluding hydrogens is 356 g/mol. The second-order valence-electron chi connectivity index (χ2n) is 7.87. The van der Waals surface area contributed by atoms with Gasteiger partial charge in [-0.15, -0.1) is 0 Å². The zero-order valence-corrected chi connectivity index (χ0v) is 16.8. The lowest BCUT2D eigenvalue weighted by atomic mass is 9.90. The first-order valence-corrected chi connectivity index (χ1v) is 10.6. The van der Waals surface area contributed by atoms with Crippen LogP contribution in [0.15, 0.2) is 84.9 Å². The number of carbonyl (C=O) groups excluding carboxylic acids is 1. The summed E-state index contributed by atoms with van der Waals surface area (Å²) in [4.78, 5) is 14.9. The van der Waals surface area contributed by atoms with Crippen LogP contribution in [0.25, 0.3) is 0 Å². The summed E-state index contributed by atoms with van der Waals surface area (Å²) < 4.78 is 0. The van der Waals surface area contributed by atoms with Gasteiger partial charge >= 0.3 is 0 Å². The van der Waals surface area contributed by atoms with E-state index < -0.39 is 0 Å². The average Bonchev–Trinajstić information content (AvgIpc) is 3.28. The largest absolute Gasteiger partial charge is 0.351 e. The van der Waals surface area contributed by atoms with E-state index in [1.807, 2.05) is 60.7 Å². The van der Waals surface area contributed by atoms with Crippen LogP contribution in [0.3, 0.4) is 0 Å². The number of carbonyl (C=O) groups is 1. The highest BCUT2D eigenvalue weighted by atomic mass is 16.1. The zero-order chi connectivity index (χ0) is 19.9. The fourth-order valence-corrected chi connectivity index (χ4v) is 4.29. The van der Waals surface area contributed by atoms with E-state index in [1.165, 1.54) is 37.1 Å². The van der Waals surface area contributed by atoms with Gasteiger partial charge in [0, 0.05) is 24.9 Å². The maximum Gasteiger partial charge on any atom is 0.232 e. The lowest BCUT2D eigenvalue weighted by Gasteiger charge is -2.19. The van der Waals surface area contributed by atoms with Gasteiger partial charge in [-0.25, -0.2) is 0 Å². The minimum Gasteiger partial charge on any atom is -0.351 e. The summed E-state index contributed by atoms with van der Waals surface area (Å²) >= 11 is 0. The molecule has 1 aliphatic heterocycles. The second-order valence-corrected chi connectivity index (χ2v) is 7.87. The lowest BCUT2D eigenvalue weighted by molar-refractivity contribution is -0.901. The smallest absolute Gasteiger partial charge is 0.232 e. The van der Waals surface area contributed by atoms with Crippen LogP contribution in [0.4, 0.5) is 0 Å². The van der Waals surface area contributed by atoms with E-state index in [1.54, 1.807) is 4.90 Å². The molecule has 1 heterocycles. The van der Waals surface area contributed by atoms with Crippen LogP contribution in [0.2, 0.25) is 0 Å². The first-order chi connectivity index (χ1) is 14.3. The molecule has 0 spiro atoms. The summed E-state index contributed by atoms with van der Waals surface area (Å²) in [5.74, 6) is -0.250. The van der Waals surface area contributed by atoms with Gasteiger partial charge in [0.1, 0.15) is 6.54 Å². The second kappa shape index (κ2) is 9.53. The summed E-state index contributed by atoms with van der Waals surface area (Å²) in [6.45, 7) is 4.13. The normalized spacial score (nSPS) is 14.2. The molecule has 1 amide bonds. The Morgan fingerprint density at radius 1 is 0.759 bits per heavy atom. The van der Waals surface area contributed by atoms with Crippen molar-refractivity contribution in [2.75, 3.05) is 13.1 Å². The van der Waals surface area contributed by atoms with E-state index in [0.717, 1.165) is 17.7 Å². The Hall–Kier alpha value is -2.91. The third-order valence-corrected chi connectivity index (χ3v) is 5.85. The van der Waals surface area contributed by atoms with E-state index >= 15 is 0 Å². The molecule has 0 radical (unpaired) electrons. The Balaban J connectivity index is 1.50. The van der Waals surface area contributed by atoms with Crippen molar-refractivity contribution in [3.63, 3.8) is 0 Å². The van der Waals surface area contributed by atoms with Crippen LogP contribution in [0.5, 0.6) is 0 Å². The van der Waals surface area contributed by atoms with Crippen LogP contribution in [-0.4, -0.2) is 19.0 Å². The molecule has 0 aromatic heterocycles. The van der Waals surface area contributed by atoms with Crippen molar-refractivity contribution in [1.82, 2.24) is 5.32 Å². The van der Waals surface area contributed by atoms with E-state index in [2.05, 4.69) is 29.6 Å². The van der Waals surface area contributed by atoms with E-state index in [4.69, 9.17) is 0 Å². The Bertz CT molecular complexity index is 878. The maximum atomic E-state index is 13.3. The van der Waals surface area contributed by atoms with Crippen molar-refractivity contribution in [1.29, 1.82) is 0 Å². The van der Waals surface area contributed by atoms with Crippen LogP contribution < -0.4 is 10.2 Å². The number of hydrogen-bond acceptors (Lipinski definition) is 1. The Morgan fingerprint density at radius 2 is 1.28 bits per heavy atom. The molecule has 3 nitrogen and oxygen atoms in total. The van der Waals surface area contributed by atoms with Gasteiger partial charge in [-0.1, -0.05) is 84.9 Å². The summed E-state index contributed by atoms with van der Waals surface area (Å²) in [6.07, 6.45) is 2.65. The van der Waals surface area contributed by atoms with Crippen LogP contribution in [0.1, 0.15) is 41.0 Å².